The van der Waals surface area contributed by atoms with Gasteiger partial charge in [0.05, 0.1) is 24.3 Å². The molecule has 0 spiro atoms. The second kappa shape index (κ2) is 6.95. The third kappa shape index (κ3) is 3.86. The minimum absolute atomic E-state index is 0.0499. The molecule has 1 aromatic heterocycles. The summed E-state index contributed by atoms with van der Waals surface area (Å²) in [6, 6.07) is 8.36. The van der Waals surface area contributed by atoms with Gasteiger partial charge in [-0.1, -0.05) is 17.7 Å². The summed E-state index contributed by atoms with van der Waals surface area (Å²) in [7, 11) is 1.43. The van der Waals surface area contributed by atoms with Gasteiger partial charge in [0.15, 0.2) is 11.5 Å². The third-order valence-corrected chi connectivity index (χ3v) is 3.09. The first-order valence-electron chi connectivity index (χ1n) is 6.25. The van der Waals surface area contributed by atoms with E-state index in [9.17, 15) is 4.79 Å². The molecule has 0 saturated heterocycles. The third-order valence-electron chi connectivity index (χ3n) is 2.81. The molecule has 6 heteroatoms. The van der Waals surface area contributed by atoms with E-state index in [1.165, 1.54) is 19.2 Å². The van der Waals surface area contributed by atoms with Gasteiger partial charge in [-0.3, -0.25) is 4.98 Å². The number of ether oxygens (including phenoxy) is 2. The van der Waals surface area contributed by atoms with Crippen LogP contribution in [0.5, 0.6) is 11.5 Å². The number of carboxylic acids is 1. The Morgan fingerprint density at radius 3 is 2.81 bits per heavy atom. The van der Waals surface area contributed by atoms with Gasteiger partial charge < -0.3 is 14.6 Å². The zero-order valence-corrected chi connectivity index (χ0v) is 12.1. The van der Waals surface area contributed by atoms with Crippen molar-refractivity contribution in [1.29, 1.82) is 0 Å². The van der Waals surface area contributed by atoms with E-state index in [2.05, 4.69) is 4.98 Å². The highest BCUT2D eigenvalue weighted by molar-refractivity contribution is 6.32. The van der Waals surface area contributed by atoms with Crippen LogP contribution >= 0.6 is 11.6 Å². The normalized spacial score (nSPS) is 10.2. The van der Waals surface area contributed by atoms with Gasteiger partial charge in [-0.2, -0.15) is 0 Å². The van der Waals surface area contributed by atoms with Crippen LogP contribution in [0.1, 0.15) is 16.1 Å². The van der Waals surface area contributed by atoms with Gasteiger partial charge in [0.2, 0.25) is 0 Å². The minimum Gasteiger partial charge on any atom is -0.493 e. The van der Waals surface area contributed by atoms with Crippen molar-refractivity contribution in [2.75, 3.05) is 13.7 Å². The van der Waals surface area contributed by atoms with E-state index in [1.807, 2.05) is 18.2 Å². The lowest BCUT2D eigenvalue weighted by Gasteiger charge is -2.13. The molecule has 0 fully saturated rings. The van der Waals surface area contributed by atoms with Gasteiger partial charge in [0.1, 0.15) is 0 Å². The van der Waals surface area contributed by atoms with Crippen LogP contribution < -0.4 is 9.47 Å². The summed E-state index contributed by atoms with van der Waals surface area (Å²) in [4.78, 5) is 15.2. The van der Waals surface area contributed by atoms with E-state index < -0.39 is 5.97 Å². The molecule has 0 amide bonds. The van der Waals surface area contributed by atoms with Crippen LogP contribution in [-0.4, -0.2) is 29.8 Å². The van der Waals surface area contributed by atoms with Gasteiger partial charge in [-0.15, -0.1) is 0 Å². The molecule has 110 valence electrons. The second-order valence-electron chi connectivity index (χ2n) is 4.21. The Labute approximate surface area is 127 Å². The fourth-order valence-electron chi connectivity index (χ4n) is 1.79. The average molecular weight is 308 g/mol. The predicted molar refractivity (Wildman–Crippen MR) is 78.4 cm³/mol. The summed E-state index contributed by atoms with van der Waals surface area (Å²) in [6.07, 6.45) is 2.32. The van der Waals surface area contributed by atoms with Crippen molar-refractivity contribution in [2.45, 2.75) is 6.42 Å². The molecule has 21 heavy (non-hydrogen) atoms. The number of methoxy groups -OCH3 is 1. The number of hydrogen-bond acceptors (Lipinski definition) is 4. The van der Waals surface area contributed by atoms with E-state index in [4.69, 9.17) is 26.2 Å². The van der Waals surface area contributed by atoms with Crippen molar-refractivity contribution in [3.63, 3.8) is 0 Å². The fourth-order valence-corrected chi connectivity index (χ4v) is 2.05. The average Bonchev–Trinajstić information content (AvgIpc) is 2.49. The molecular weight excluding hydrogens is 294 g/mol. The molecule has 0 radical (unpaired) electrons. The number of pyridine rings is 1. The van der Waals surface area contributed by atoms with Crippen LogP contribution in [-0.2, 0) is 6.42 Å². The van der Waals surface area contributed by atoms with Crippen LogP contribution in [0.3, 0.4) is 0 Å². The van der Waals surface area contributed by atoms with Gasteiger partial charge in [0.25, 0.3) is 0 Å². The molecule has 0 atom stereocenters. The van der Waals surface area contributed by atoms with E-state index in [0.29, 0.717) is 24.5 Å². The van der Waals surface area contributed by atoms with Crippen molar-refractivity contribution in [2.24, 2.45) is 0 Å². The van der Waals surface area contributed by atoms with Crippen molar-refractivity contribution in [3.05, 3.63) is 52.8 Å². The van der Waals surface area contributed by atoms with Crippen molar-refractivity contribution >= 4 is 17.6 Å². The maximum atomic E-state index is 11.0. The van der Waals surface area contributed by atoms with Gasteiger partial charge in [-0.25, -0.2) is 4.79 Å². The van der Waals surface area contributed by atoms with Gasteiger partial charge in [-0.05, 0) is 24.3 Å². The monoisotopic (exact) mass is 307 g/mol. The first-order chi connectivity index (χ1) is 10.1. The van der Waals surface area contributed by atoms with Crippen molar-refractivity contribution < 1.29 is 19.4 Å². The number of aromatic carboxylic acids is 1. The van der Waals surface area contributed by atoms with Gasteiger partial charge in [0, 0.05) is 18.3 Å². The number of carbonyl (C=O) groups is 1. The zero-order valence-electron chi connectivity index (χ0n) is 11.4. The highest BCUT2D eigenvalue weighted by Gasteiger charge is 2.15. The van der Waals surface area contributed by atoms with Crippen LogP contribution in [0.15, 0.2) is 36.5 Å². The molecule has 1 heterocycles. The maximum Gasteiger partial charge on any atom is 0.335 e. The molecule has 0 aliphatic heterocycles. The number of rotatable bonds is 6. The quantitative estimate of drug-likeness (QED) is 0.888. The highest BCUT2D eigenvalue weighted by atomic mass is 35.5. The topological polar surface area (TPSA) is 68.7 Å². The Morgan fingerprint density at radius 1 is 1.38 bits per heavy atom. The van der Waals surface area contributed by atoms with Gasteiger partial charge >= 0.3 is 5.97 Å². The molecule has 0 aliphatic rings. The summed E-state index contributed by atoms with van der Waals surface area (Å²) in [5.74, 6) is -0.448. The van der Waals surface area contributed by atoms with Crippen LogP contribution in [0.25, 0.3) is 0 Å². The predicted octanol–water partition coefficient (Wildman–Crippen LogP) is 3.06. The standard InChI is InChI=1S/C15H14ClNO4/c1-20-13-9-10(15(18)19)8-12(16)14(13)21-7-5-11-4-2-3-6-17-11/h2-4,6,8-9H,5,7H2,1H3,(H,18,19). The van der Waals surface area contributed by atoms with E-state index in [-0.39, 0.29) is 10.6 Å². The van der Waals surface area contributed by atoms with Crippen molar-refractivity contribution in [1.82, 2.24) is 4.98 Å². The number of aromatic nitrogens is 1. The molecule has 2 aromatic rings. The Kier molecular flexibility index (Phi) is 5.00. The Morgan fingerprint density at radius 2 is 2.19 bits per heavy atom. The number of halogens is 1. The summed E-state index contributed by atoms with van der Waals surface area (Å²) < 4.78 is 10.7. The van der Waals surface area contributed by atoms with Crippen LogP contribution in [0.2, 0.25) is 5.02 Å². The SMILES string of the molecule is COc1cc(C(=O)O)cc(Cl)c1OCCc1ccccn1. The summed E-state index contributed by atoms with van der Waals surface area (Å²) in [6.45, 7) is 0.361. The number of benzene rings is 1. The van der Waals surface area contributed by atoms with E-state index >= 15 is 0 Å². The number of nitrogens with zero attached hydrogens (tertiary/aromatic N) is 1. The second-order valence-corrected chi connectivity index (χ2v) is 4.62. The number of carboxylic acid groups (broad SMARTS) is 1. The first kappa shape index (κ1) is 15.1. The molecule has 0 aliphatic carbocycles. The lowest BCUT2D eigenvalue weighted by atomic mass is 10.2. The molecule has 5 nitrogen and oxygen atoms in total. The first-order valence-corrected chi connectivity index (χ1v) is 6.63. The van der Waals surface area contributed by atoms with Crippen LogP contribution in [0.4, 0.5) is 0 Å². The molecule has 1 aromatic carbocycles. The molecule has 0 bridgehead atoms. The lowest BCUT2D eigenvalue weighted by Crippen LogP contribution is -2.05. The summed E-state index contributed by atoms with van der Waals surface area (Å²) in [5.41, 5.74) is 0.948. The van der Waals surface area contributed by atoms with E-state index in [1.54, 1.807) is 6.20 Å². The fraction of sp³-hybridized carbons (Fsp3) is 0.200. The zero-order chi connectivity index (χ0) is 15.2. The Balaban J connectivity index is 2.10. The smallest absolute Gasteiger partial charge is 0.335 e. The molecule has 0 unspecified atom stereocenters. The summed E-state index contributed by atoms with van der Waals surface area (Å²) in [5, 5.41) is 9.18. The summed E-state index contributed by atoms with van der Waals surface area (Å²) >= 11 is 6.06. The molecule has 2 rings (SSSR count). The molecular formula is C15H14ClNO4. The maximum absolute atomic E-state index is 11.0. The lowest BCUT2D eigenvalue weighted by molar-refractivity contribution is 0.0696. The largest absolute Gasteiger partial charge is 0.493 e. The minimum atomic E-state index is -1.07. The molecule has 1 N–H and O–H groups in total. The molecule has 0 saturated carbocycles. The Hall–Kier alpha value is -2.27. The Bertz CT molecular complexity index is 631. The number of hydrogen-bond donors (Lipinski definition) is 1. The van der Waals surface area contributed by atoms with Crippen LogP contribution in [0, 0.1) is 0 Å². The van der Waals surface area contributed by atoms with Crippen molar-refractivity contribution in [3.8, 4) is 11.5 Å². The highest BCUT2D eigenvalue weighted by Crippen LogP contribution is 2.36. The van der Waals surface area contributed by atoms with E-state index in [0.717, 1.165) is 5.69 Å².